The Balaban J connectivity index is 3.67. The molecule has 0 aliphatic heterocycles. The minimum Gasteiger partial charge on any atom is -0.463 e. The predicted octanol–water partition coefficient (Wildman–Crippen LogP) is 8.65. The Hall–Kier alpha value is -1.77. The van der Waals surface area contributed by atoms with Gasteiger partial charge < -0.3 is 20.1 Å². The first-order valence-corrected chi connectivity index (χ1v) is 19.0. The van der Waals surface area contributed by atoms with Crippen LogP contribution in [0, 0.1) is 0 Å². The Bertz CT molecular complexity index is 846. The SMILES string of the molecule is CC/C=C\C/C=C\C/C=C\CCCCCCCC(=O)NCCOP(=O)(O)OCC(O)COC(=O)CCCCCCCCCCC. The van der Waals surface area contributed by atoms with E-state index in [1.54, 1.807) is 0 Å². The summed E-state index contributed by atoms with van der Waals surface area (Å²) in [7, 11) is -4.41. The van der Waals surface area contributed by atoms with Crippen molar-refractivity contribution in [1.29, 1.82) is 0 Å². The molecule has 0 bridgehead atoms. The summed E-state index contributed by atoms with van der Waals surface area (Å²) in [6.45, 7) is 3.37. The summed E-state index contributed by atoms with van der Waals surface area (Å²) in [6, 6.07) is 0. The second-order valence-corrected chi connectivity index (χ2v) is 12.9. The lowest BCUT2D eigenvalue weighted by Crippen LogP contribution is -2.27. The van der Waals surface area contributed by atoms with Gasteiger partial charge in [0.25, 0.3) is 0 Å². The fourth-order valence-electron chi connectivity index (χ4n) is 4.45. The Morgan fingerprint density at radius 1 is 0.711 bits per heavy atom. The van der Waals surface area contributed by atoms with Gasteiger partial charge in [0.2, 0.25) is 5.91 Å². The molecule has 0 saturated heterocycles. The first-order chi connectivity index (χ1) is 21.8. The van der Waals surface area contributed by atoms with Crippen molar-refractivity contribution in [3.63, 3.8) is 0 Å². The number of aliphatic hydroxyl groups excluding tert-OH is 1. The number of nitrogens with one attached hydrogen (secondary N) is 1. The Kier molecular flexibility index (Phi) is 30.9. The van der Waals surface area contributed by atoms with E-state index in [0.717, 1.165) is 77.0 Å². The zero-order chi connectivity index (χ0) is 33.3. The van der Waals surface area contributed by atoms with E-state index in [9.17, 15) is 24.2 Å². The number of phosphoric acid groups is 1. The molecule has 0 radical (unpaired) electrons. The third-order valence-electron chi connectivity index (χ3n) is 7.08. The van der Waals surface area contributed by atoms with Gasteiger partial charge in [-0.1, -0.05) is 121 Å². The first-order valence-electron chi connectivity index (χ1n) is 17.5. The molecule has 2 unspecified atom stereocenters. The molecule has 1 amide bonds. The smallest absolute Gasteiger partial charge is 0.463 e. The topological polar surface area (TPSA) is 131 Å². The van der Waals surface area contributed by atoms with Crippen molar-refractivity contribution in [1.82, 2.24) is 5.32 Å². The van der Waals surface area contributed by atoms with E-state index in [1.807, 2.05) is 0 Å². The van der Waals surface area contributed by atoms with Gasteiger partial charge in [0.1, 0.15) is 12.7 Å². The van der Waals surface area contributed by atoms with E-state index in [4.69, 9.17) is 13.8 Å². The summed E-state index contributed by atoms with van der Waals surface area (Å²) in [5.74, 6) is -0.539. The van der Waals surface area contributed by atoms with Crippen LogP contribution in [0.15, 0.2) is 36.5 Å². The molecule has 2 atom stereocenters. The van der Waals surface area contributed by atoms with Crippen molar-refractivity contribution in [3.05, 3.63) is 36.5 Å². The van der Waals surface area contributed by atoms with E-state index in [1.165, 1.54) is 38.5 Å². The number of rotatable bonds is 32. The van der Waals surface area contributed by atoms with Gasteiger partial charge in [-0.3, -0.25) is 18.6 Å². The van der Waals surface area contributed by atoms with Crippen LogP contribution in [-0.2, 0) is 27.9 Å². The van der Waals surface area contributed by atoms with Crippen molar-refractivity contribution < 1.29 is 37.9 Å². The van der Waals surface area contributed by atoms with Gasteiger partial charge in [0.15, 0.2) is 0 Å². The number of hydrogen-bond donors (Lipinski definition) is 3. The van der Waals surface area contributed by atoms with Crippen LogP contribution < -0.4 is 5.32 Å². The Morgan fingerprint density at radius 2 is 1.27 bits per heavy atom. The maximum atomic E-state index is 12.0. The number of carbonyl (C=O) groups is 2. The minimum absolute atomic E-state index is 0.0722. The van der Waals surface area contributed by atoms with Gasteiger partial charge in [0, 0.05) is 19.4 Å². The molecule has 0 aliphatic rings. The summed E-state index contributed by atoms with van der Waals surface area (Å²) >= 11 is 0. The lowest BCUT2D eigenvalue weighted by Gasteiger charge is -2.15. The van der Waals surface area contributed by atoms with Crippen LogP contribution >= 0.6 is 7.82 Å². The summed E-state index contributed by atoms with van der Waals surface area (Å²) in [6.07, 6.45) is 32.2. The molecule has 0 aromatic rings. The van der Waals surface area contributed by atoms with Crippen LogP contribution in [0.5, 0.6) is 0 Å². The average Bonchev–Trinajstić information content (AvgIpc) is 3.02. The van der Waals surface area contributed by atoms with Crippen LogP contribution in [0.4, 0.5) is 0 Å². The minimum atomic E-state index is -4.41. The normalized spacial score (nSPS) is 14.0. The van der Waals surface area contributed by atoms with Crippen molar-refractivity contribution in [2.45, 2.75) is 148 Å². The monoisotopic (exact) mass is 657 g/mol. The fraction of sp³-hybridized carbons (Fsp3) is 0.771. The molecule has 45 heavy (non-hydrogen) atoms. The maximum Gasteiger partial charge on any atom is 0.472 e. The number of carbonyl (C=O) groups excluding carboxylic acids is 2. The molecule has 0 aliphatic carbocycles. The van der Waals surface area contributed by atoms with Gasteiger partial charge in [-0.05, 0) is 44.9 Å². The molecule has 262 valence electrons. The molecular formula is C35H64NO8P. The van der Waals surface area contributed by atoms with E-state index >= 15 is 0 Å². The fourth-order valence-corrected chi connectivity index (χ4v) is 5.21. The van der Waals surface area contributed by atoms with Crippen molar-refractivity contribution in [2.24, 2.45) is 0 Å². The van der Waals surface area contributed by atoms with Gasteiger partial charge in [-0.25, -0.2) is 4.57 Å². The third-order valence-corrected chi connectivity index (χ3v) is 8.07. The molecule has 0 rings (SSSR count). The molecule has 0 fully saturated rings. The number of esters is 1. The van der Waals surface area contributed by atoms with Gasteiger partial charge in [-0.2, -0.15) is 0 Å². The quantitative estimate of drug-likeness (QED) is 0.0284. The molecule has 0 aromatic carbocycles. The van der Waals surface area contributed by atoms with Crippen LogP contribution in [-0.4, -0.2) is 54.3 Å². The molecule has 10 heteroatoms. The first kappa shape index (κ1) is 43.2. The molecule has 9 nitrogen and oxygen atoms in total. The molecule has 0 spiro atoms. The molecule has 3 N–H and O–H groups in total. The molecule has 0 heterocycles. The molecule has 0 saturated carbocycles. The summed E-state index contributed by atoms with van der Waals surface area (Å²) in [5.41, 5.74) is 0. The van der Waals surface area contributed by atoms with Crippen LogP contribution in [0.3, 0.4) is 0 Å². The Labute approximate surface area is 273 Å². The van der Waals surface area contributed by atoms with Gasteiger partial charge >= 0.3 is 13.8 Å². The number of phosphoric ester groups is 1. The predicted molar refractivity (Wildman–Crippen MR) is 183 cm³/mol. The highest BCUT2D eigenvalue weighted by molar-refractivity contribution is 7.47. The number of allylic oxidation sites excluding steroid dienone is 6. The molecular weight excluding hydrogens is 593 g/mol. The summed E-state index contributed by atoms with van der Waals surface area (Å²) in [5, 5.41) is 12.6. The zero-order valence-electron chi connectivity index (χ0n) is 28.3. The highest BCUT2D eigenvalue weighted by Crippen LogP contribution is 2.42. The average molecular weight is 658 g/mol. The zero-order valence-corrected chi connectivity index (χ0v) is 29.2. The van der Waals surface area contributed by atoms with Crippen LogP contribution in [0.25, 0.3) is 0 Å². The third kappa shape index (κ3) is 33.4. The number of hydrogen-bond acceptors (Lipinski definition) is 7. The van der Waals surface area contributed by atoms with Gasteiger partial charge in [-0.15, -0.1) is 0 Å². The van der Waals surface area contributed by atoms with E-state index in [0.29, 0.717) is 6.42 Å². The maximum absolute atomic E-state index is 12.0. The summed E-state index contributed by atoms with van der Waals surface area (Å²) < 4.78 is 26.6. The largest absolute Gasteiger partial charge is 0.472 e. The molecule has 0 aromatic heterocycles. The number of amides is 1. The van der Waals surface area contributed by atoms with E-state index in [-0.39, 0.29) is 32.1 Å². The lowest BCUT2D eigenvalue weighted by atomic mass is 10.1. The standard InChI is InChI=1S/C35H64NO8P/c1-3-5-7-9-11-13-14-15-16-17-18-20-21-23-25-27-34(38)36-29-30-43-45(40,41)44-32-33(37)31-42-35(39)28-26-24-22-19-12-10-8-6-4-2/h5,7,11,13,15-16,33,37H,3-4,6,8-10,12,14,17-32H2,1-2H3,(H,36,38)(H,40,41)/b7-5-,13-11-,16-15-. The van der Waals surface area contributed by atoms with Gasteiger partial charge in [0.05, 0.1) is 13.2 Å². The van der Waals surface area contributed by atoms with E-state index in [2.05, 4.69) is 55.6 Å². The van der Waals surface area contributed by atoms with Crippen molar-refractivity contribution in [3.8, 4) is 0 Å². The van der Waals surface area contributed by atoms with Crippen molar-refractivity contribution >= 4 is 19.7 Å². The Morgan fingerprint density at radius 3 is 1.91 bits per heavy atom. The summed E-state index contributed by atoms with van der Waals surface area (Å²) in [4.78, 5) is 33.6. The lowest BCUT2D eigenvalue weighted by molar-refractivity contribution is -0.147. The van der Waals surface area contributed by atoms with E-state index < -0.39 is 26.5 Å². The van der Waals surface area contributed by atoms with Crippen molar-refractivity contribution in [2.75, 3.05) is 26.4 Å². The highest BCUT2D eigenvalue weighted by atomic mass is 31.2. The van der Waals surface area contributed by atoms with Crippen LogP contribution in [0.2, 0.25) is 0 Å². The number of ether oxygens (including phenoxy) is 1. The highest BCUT2D eigenvalue weighted by Gasteiger charge is 2.23. The second kappa shape index (κ2) is 32.2. The number of unbranched alkanes of at least 4 members (excludes halogenated alkanes) is 13. The van der Waals surface area contributed by atoms with Crippen LogP contribution in [0.1, 0.15) is 142 Å². The number of aliphatic hydroxyl groups is 1. The second-order valence-electron chi connectivity index (χ2n) is 11.5.